The van der Waals surface area contributed by atoms with Crippen LogP contribution in [0.15, 0.2) is 11.4 Å². The molecule has 0 spiro atoms. The number of terminal acetylenes is 1. The molecule has 1 atom stereocenters. The molecule has 1 unspecified atom stereocenters. The molecule has 3 heteroatoms. The highest BCUT2D eigenvalue weighted by atomic mass is 32.1. The fourth-order valence-electron chi connectivity index (χ4n) is 1.29. The van der Waals surface area contributed by atoms with E-state index in [1.165, 1.54) is 0 Å². The van der Waals surface area contributed by atoms with Crippen LogP contribution in [0.3, 0.4) is 0 Å². The van der Waals surface area contributed by atoms with E-state index in [1.54, 1.807) is 11.3 Å². The van der Waals surface area contributed by atoms with Crippen molar-refractivity contribution in [2.24, 2.45) is 0 Å². The molecular weight excluding hydrogens is 204 g/mol. The van der Waals surface area contributed by atoms with E-state index in [0.717, 1.165) is 29.8 Å². The fourth-order valence-corrected chi connectivity index (χ4v) is 2.05. The lowest BCUT2D eigenvalue weighted by molar-refractivity contribution is 0.566. The summed E-state index contributed by atoms with van der Waals surface area (Å²) in [7, 11) is 0. The van der Waals surface area contributed by atoms with Gasteiger partial charge in [0.1, 0.15) is 6.07 Å². The predicted molar refractivity (Wildman–Crippen MR) is 63.4 cm³/mol. The van der Waals surface area contributed by atoms with Crippen LogP contribution in [-0.2, 0) is 6.54 Å². The van der Waals surface area contributed by atoms with Crippen LogP contribution >= 0.6 is 11.3 Å². The molecule has 0 aliphatic carbocycles. The first-order valence-electron chi connectivity index (χ1n) is 4.97. The van der Waals surface area contributed by atoms with Gasteiger partial charge in [0.2, 0.25) is 0 Å². The average Bonchev–Trinajstić information content (AvgIpc) is 2.72. The van der Waals surface area contributed by atoms with Gasteiger partial charge in [0.15, 0.2) is 0 Å². The smallest absolute Gasteiger partial charge is 0.100 e. The molecule has 1 aromatic rings. The van der Waals surface area contributed by atoms with Gasteiger partial charge in [-0.2, -0.15) is 5.26 Å². The Bertz CT molecular complexity index is 381. The van der Waals surface area contributed by atoms with Crippen LogP contribution < -0.4 is 5.32 Å². The second-order valence-corrected chi connectivity index (χ2v) is 4.30. The number of hydrogen-bond donors (Lipinski definition) is 1. The summed E-state index contributed by atoms with van der Waals surface area (Å²) in [5.74, 6) is 2.72. The summed E-state index contributed by atoms with van der Waals surface area (Å²) in [5, 5.41) is 13.8. The second kappa shape index (κ2) is 6.24. The van der Waals surface area contributed by atoms with Gasteiger partial charge in [0.05, 0.1) is 11.6 Å². The zero-order chi connectivity index (χ0) is 11.1. The highest BCUT2D eigenvalue weighted by Crippen LogP contribution is 2.13. The molecule has 0 aliphatic rings. The Kier molecular flexibility index (Phi) is 4.90. The van der Waals surface area contributed by atoms with E-state index < -0.39 is 0 Å². The zero-order valence-electron chi connectivity index (χ0n) is 8.79. The molecule has 2 nitrogen and oxygen atoms in total. The van der Waals surface area contributed by atoms with Crippen molar-refractivity contribution in [2.75, 3.05) is 0 Å². The van der Waals surface area contributed by atoms with Gasteiger partial charge >= 0.3 is 0 Å². The molecule has 0 aromatic carbocycles. The Balaban J connectivity index is 2.43. The maximum absolute atomic E-state index is 8.66. The van der Waals surface area contributed by atoms with Gasteiger partial charge in [-0.05, 0) is 12.5 Å². The van der Waals surface area contributed by atoms with Crippen molar-refractivity contribution in [3.63, 3.8) is 0 Å². The van der Waals surface area contributed by atoms with Crippen molar-refractivity contribution in [3.8, 4) is 18.4 Å². The lowest BCUT2D eigenvalue weighted by Gasteiger charge is -2.10. The molecule has 78 valence electrons. The number of nitrogens with one attached hydrogen (secondary N) is 1. The Morgan fingerprint density at radius 3 is 3.00 bits per heavy atom. The topological polar surface area (TPSA) is 35.8 Å². The summed E-state index contributed by atoms with van der Waals surface area (Å²) < 4.78 is 0. The van der Waals surface area contributed by atoms with Gasteiger partial charge in [0, 0.05) is 16.8 Å². The molecule has 0 radical (unpaired) electrons. The van der Waals surface area contributed by atoms with Crippen molar-refractivity contribution in [3.05, 3.63) is 21.9 Å². The summed E-state index contributed by atoms with van der Waals surface area (Å²) in [6.45, 7) is 2.87. The van der Waals surface area contributed by atoms with Crippen LogP contribution in [0.5, 0.6) is 0 Å². The number of thiophene rings is 1. The standard InChI is InChI=1S/C12H14N2S/c1-3-5-11(4-2)14-8-12-6-10(7-13)9-15-12/h2,6,9,11,14H,3,5,8H2,1H3. The van der Waals surface area contributed by atoms with E-state index in [9.17, 15) is 0 Å². The minimum atomic E-state index is 0.141. The fraction of sp³-hybridized carbons (Fsp3) is 0.417. The van der Waals surface area contributed by atoms with Crippen molar-refractivity contribution in [2.45, 2.75) is 32.4 Å². The van der Waals surface area contributed by atoms with E-state index in [-0.39, 0.29) is 6.04 Å². The van der Waals surface area contributed by atoms with E-state index >= 15 is 0 Å². The van der Waals surface area contributed by atoms with Crippen LogP contribution in [0.4, 0.5) is 0 Å². The lowest BCUT2D eigenvalue weighted by Crippen LogP contribution is -2.26. The summed E-state index contributed by atoms with van der Waals surface area (Å²) in [6, 6.07) is 4.16. The summed E-state index contributed by atoms with van der Waals surface area (Å²) in [4.78, 5) is 1.16. The molecule has 0 saturated heterocycles. The normalized spacial score (nSPS) is 11.7. The van der Waals surface area contributed by atoms with Gasteiger partial charge in [-0.3, -0.25) is 5.32 Å². The van der Waals surface area contributed by atoms with Crippen molar-refractivity contribution in [1.29, 1.82) is 5.26 Å². The van der Waals surface area contributed by atoms with Gasteiger partial charge in [0.25, 0.3) is 0 Å². The highest BCUT2D eigenvalue weighted by Gasteiger charge is 2.04. The lowest BCUT2D eigenvalue weighted by atomic mass is 10.2. The highest BCUT2D eigenvalue weighted by molar-refractivity contribution is 7.10. The minimum absolute atomic E-state index is 0.141. The number of nitrogens with zero attached hydrogens (tertiary/aromatic N) is 1. The summed E-state index contributed by atoms with van der Waals surface area (Å²) in [6.07, 6.45) is 7.47. The maximum Gasteiger partial charge on any atom is 0.100 e. The third-order valence-electron chi connectivity index (χ3n) is 2.08. The van der Waals surface area contributed by atoms with Gasteiger partial charge < -0.3 is 0 Å². The second-order valence-electron chi connectivity index (χ2n) is 3.30. The van der Waals surface area contributed by atoms with Crippen LogP contribution in [0.25, 0.3) is 0 Å². The molecule has 0 fully saturated rings. The average molecular weight is 218 g/mol. The summed E-state index contributed by atoms with van der Waals surface area (Å²) >= 11 is 1.59. The molecule has 1 aromatic heterocycles. The number of hydrogen-bond acceptors (Lipinski definition) is 3. The van der Waals surface area contributed by atoms with Gasteiger partial charge in [-0.25, -0.2) is 0 Å². The predicted octanol–water partition coefficient (Wildman–Crippen LogP) is 2.51. The van der Waals surface area contributed by atoms with Crippen LogP contribution in [0, 0.1) is 23.7 Å². The monoisotopic (exact) mass is 218 g/mol. The first-order chi connectivity index (χ1) is 7.30. The molecule has 0 amide bonds. The number of rotatable bonds is 5. The minimum Gasteiger partial charge on any atom is -0.299 e. The molecular formula is C12H14N2S. The van der Waals surface area contributed by atoms with Gasteiger partial charge in [-0.1, -0.05) is 19.3 Å². The Labute approximate surface area is 94.9 Å². The van der Waals surface area contributed by atoms with E-state index in [4.69, 9.17) is 11.7 Å². The van der Waals surface area contributed by atoms with Crippen LogP contribution in [-0.4, -0.2) is 6.04 Å². The quantitative estimate of drug-likeness (QED) is 0.771. The molecule has 0 bridgehead atoms. The molecule has 1 heterocycles. The van der Waals surface area contributed by atoms with Crippen molar-refractivity contribution < 1.29 is 0 Å². The molecule has 0 saturated carbocycles. The van der Waals surface area contributed by atoms with Crippen LogP contribution in [0.1, 0.15) is 30.2 Å². The van der Waals surface area contributed by atoms with Gasteiger partial charge in [-0.15, -0.1) is 17.8 Å². The third kappa shape index (κ3) is 3.75. The Morgan fingerprint density at radius 1 is 1.67 bits per heavy atom. The third-order valence-corrected chi connectivity index (χ3v) is 3.02. The van der Waals surface area contributed by atoms with E-state index in [1.807, 2.05) is 11.4 Å². The Morgan fingerprint density at radius 2 is 2.47 bits per heavy atom. The summed E-state index contributed by atoms with van der Waals surface area (Å²) in [5.41, 5.74) is 0.726. The molecule has 1 N–H and O–H groups in total. The maximum atomic E-state index is 8.66. The first-order valence-corrected chi connectivity index (χ1v) is 5.85. The van der Waals surface area contributed by atoms with E-state index in [2.05, 4.69) is 24.2 Å². The zero-order valence-corrected chi connectivity index (χ0v) is 9.60. The largest absolute Gasteiger partial charge is 0.299 e. The molecule has 1 rings (SSSR count). The SMILES string of the molecule is C#CC(CCC)NCc1cc(C#N)cs1. The molecule has 15 heavy (non-hydrogen) atoms. The Hall–Kier alpha value is -1.29. The first kappa shape index (κ1) is 11.8. The van der Waals surface area contributed by atoms with Crippen molar-refractivity contribution >= 4 is 11.3 Å². The van der Waals surface area contributed by atoms with Crippen molar-refractivity contribution in [1.82, 2.24) is 5.32 Å². The van der Waals surface area contributed by atoms with E-state index in [0.29, 0.717) is 0 Å². The number of nitriles is 1. The molecule has 0 aliphatic heterocycles. The van der Waals surface area contributed by atoms with Crippen LogP contribution in [0.2, 0.25) is 0 Å².